The van der Waals surface area contributed by atoms with Gasteiger partial charge in [0, 0.05) is 125 Å². The summed E-state index contributed by atoms with van der Waals surface area (Å²) in [6.45, 7) is 6.82. The van der Waals surface area contributed by atoms with Crippen molar-refractivity contribution in [1.29, 1.82) is 0 Å². The van der Waals surface area contributed by atoms with Crippen LogP contribution in [0, 0.1) is 0 Å². The third-order valence-corrected chi connectivity index (χ3v) is 18.9. The monoisotopic (exact) mass is 1450 g/mol. The second kappa shape index (κ2) is 34.9. The average molecular weight is 1450 g/mol. The van der Waals surface area contributed by atoms with Gasteiger partial charge in [-0.15, -0.1) is 0 Å². The fourth-order valence-electron chi connectivity index (χ4n) is 13.3. The molecule has 14 aromatic rings. The van der Waals surface area contributed by atoms with Gasteiger partial charge >= 0.3 is 0 Å². The summed E-state index contributed by atoms with van der Waals surface area (Å²) >= 11 is 0. The molecule has 2 saturated heterocycles. The SMILES string of the molecule is O=C(NCCCCN1CCCC1)c1cccc(Nc2ncnc3[nH]cc(C(=O)c4ccccc4)c23)c1.O=C(NCCc1cnc[nH]1)c1cccc(Nc2ncnc3[nH]cc(C(=O)c4ccccc4)c23)c1.O=C(Nc1ccc(N2CCCCC2)cc1)c1cccc(Nc2ncnc3[nH]cc(C(=O)c4ccccc4)c23)c1. The Morgan fingerprint density at radius 3 is 1.23 bits per heavy atom. The van der Waals surface area contributed by atoms with Crippen LogP contribution in [-0.2, 0) is 6.42 Å². The standard InChI is InChI=1S/C31H28N6O2.C28H30N6O2.C25H21N7O2/c38-28(21-8-3-1-4-9-21)26-19-32-29-27(26)30(34-20-33-29)35-24-11-7-10-22(18-24)31(39)36-23-12-14-25(15-13-23)37-16-5-2-6-17-37;35-25(20-9-2-1-3-10-20)23-18-30-26-24(23)27(32-19-31-26)33-22-12-8-11-21(17-22)28(36)29-13-4-5-14-34-15-6-7-16-34;33-22(16-5-2-1-3-6-16)20-13-28-23-21(20)24(31-15-30-23)32-18-8-4-7-17(11-18)25(34)27-10-9-19-12-26-14-29-19/h1,3-4,7-15,18-20H,2,5-6,16-17H2,(H,36,39)(H2,32,33,34,35);1-3,8-12,17-19H,4-7,13-16H2,(H,29,36)(H2,30,31,32,33);1-8,11-15H,9-10H2,(H,26,29)(H,27,34)(H2,28,30,31,32). The van der Waals surface area contributed by atoms with Gasteiger partial charge in [0.05, 0.1) is 39.2 Å². The Kier molecular flexibility index (Phi) is 23.1. The molecule has 2 aliphatic rings. The summed E-state index contributed by atoms with van der Waals surface area (Å²) in [5.74, 6) is 0.589. The number of aromatic amines is 4. The van der Waals surface area contributed by atoms with Crippen LogP contribution in [0.2, 0.25) is 0 Å². The van der Waals surface area contributed by atoms with Crippen molar-refractivity contribution < 1.29 is 28.8 Å². The number of benzene rings is 7. The van der Waals surface area contributed by atoms with E-state index in [1.807, 2.05) is 97.1 Å². The van der Waals surface area contributed by atoms with Crippen LogP contribution in [0.4, 0.5) is 45.9 Å². The molecule has 3 amide bonds. The molecule has 2 fully saturated rings. The van der Waals surface area contributed by atoms with E-state index >= 15 is 0 Å². The molecule has 0 atom stereocenters. The second-order valence-electron chi connectivity index (χ2n) is 26.3. The smallest absolute Gasteiger partial charge is 0.255 e. The number of amides is 3. The first kappa shape index (κ1) is 72.1. The Labute approximate surface area is 627 Å². The van der Waals surface area contributed by atoms with E-state index in [4.69, 9.17) is 0 Å². The van der Waals surface area contributed by atoms with Gasteiger partial charge in [-0.25, -0.2) is 34.9 Å². The van der Waals surface area contributed by atoms with E-state index in [1.54, 1.807) is 110 Å². The highest BCUT2D eigenvalue weighted by Crippen LogP contribution is 2.33. The highest BCUT2D eigenvalue weighted by atomic mass is 16.2. The van der Waals surface area contributed by atoms with Crippen molar-refractivity contribution in [3.8, 4) is 0 Å². The molecule has 10 N–H and O–H groups in total. The zero-order valence-corrected chi connectivity index (χ0v) is 59.6. The first-order valence-corrected chi connectivity index (χ1v) is 36.3. The molecule has 546 valence electrons. The number of nitrogens with zero attached hydrogens (tertiary/aromatic N) is 9. The lowest BCUT2D eigenvalue weighted by atomic mass is 10.0. The van der Waals surface area contributed by atoms with Crippen molar-refractivity contribution in [3.63, 3.8) is 0 Å². The average Bonchev–Trinajstić information content (AvgIpc) is 1.67. The summed E-state index contributed by atoms with van der Waals surface area (Å²) in [7, 11) is 0. The van der Waals surface area contributed by atoms with Crippen molar-refractivity contribution in [2.24, 2.45) is 0 Å². The van der Waals surface area contributed by atoms with Crippen molar-refractivity contribution in [1.82, 2.24) is 70.4 Å². The molecule has 2 aliphatic heterocycles. The number of hydrogen-bond acceptors (Lipinski definition) is 18. The van der Waals surface area contributed by atoms with Crippen molar-refractivity contribution >= 4 is 114 Å². The molecule has 109 heavy (non-hydrogen) atoms. The molecule has 16 rings (SSSR count). The minimum Gasteiger partial charge on any atom is -0.372 e. The molecule has 0 spiro atoms. The fraction of sp³-hybridized carbons (Fsp3) is 0.179. The summed E-state index contributed by atoms with van der Waals surface area (Å²) in [4.78, 5) is 125. The number of ketones is 3. The van der Waals surface area contributed by atoms with E-state index in [-0.39, 0.29) is 35.1 Å². The highest BCUT2D eigenvalue weighted by molar-refractivity contribution is 6.20. The normalized spacial score (nSPS) is 12.6. The zero-order valence-electron chi connectivity index (χ0n) is 59.6. The van der Waals surface area contributed by atoms with Gasteiger partial charge in [0.1, 0.15) is 53.4 Å². The van der Waals surface area contributed by atoms with E-state index in [2.05, 4.69) is 109 Å². The Bertz CT molecular complexity index is 5480. The Hall–Kier alpha value is -13.8. The van der Waals surface area contributed by atoms with Crippen LogP contribution in [-0.4, -0.2) is 141 Å². The summed E-state index contributed by atoms with van der Waals surface area (Å²) in [5, 5.41) is 20.5. The largest absolute Gasteiger partial charge is 0.372 e. The summed E-state index contributed by atoms with van der Waals surface area (Å²) in [6, 6.07) is 56.8. The van der Waals surface area contributed by atoms with E-state index in [9.17, 15) is 28.8 Å². The highest BCUT2D eigenvalue weighted by Gasteiger charge is 2.24. The minimum absolute atomic E-state index is 0.103. The zero-order chi connectivity index (χ0) is 74.7. The van der Waals surface area contributed by atoms with Crippen molar-refractivity contribution in [3.05, 3.63) is 294 Å². The van der Waals surface area contributed by atoms with Gasteiger partial charge < -0.3 is 61.6 Å². The van der Waals surface area contributed by atoms with Gasteiger partial charge in [0.25, 0.3) is 17.7 Å². The fourth-order valence-corrected chi connectivity index (χ4v) is 13.3. The molecule has 0 saturated carbocycles. The van der Waals surface area contributed by atoms with Crippen LogP contribution in [0.15, 0.2) is 238 Å². The van der Waals surface area contributed by atoms with Crippen LogP contribution in [0.3, 0.4) is 0 Å². The van der Waals surface area contributed by atoms with Crippen LogP contribution in [0.25, 0.3) is 33.1 Å². The van der Waals surface area contributed by atoms with E-state index in [0.717, 1.165) is 43.9 Å². The third-order valence-electron chi connectivity index (χ3n) is 18.9. The van der Waals surface area contributed by atoms with Gasteiger partial charge in [0.15, 0.2) is 17.3 Å². The van der Waals surface area contributed by atoms with Crippen LogP contribution in [0.1, 0.15) is 129 Å². The number of fused-ring (bicyclic) bond motifs is 3. The Morgan fingerprint density at radius 1 is 0.385 bits per heavy atom. The number of unbranched alkanes of at least 4 members (excludes halogenated alkanes) is 1. The number of carbonyl (C=O) groups excluding carboxylic acids is 6. The molecule has 0 radical (unpaired) electrons. The molecular formula is C84H79N19O6. The molecule has 0 unspecified atom stereocenters. The lowest BCUT2D eigenvalue weighted by Gasteiger charge is -2.28. The van der Waals surface area contributed by atoms with E-state index in [1.165, 1.54) is 69.9 Å². The number of nitrogens with one attached hydrogen (secondary N) is 10. The number of carbonyl (C=O) groups is 6. The number of likely N-dealkylation sites (tertiary alicyclic amines) is 1. The van der Waals surface area contributed by atoms with Gasteiger partial charge in [-0.1, -0.05) is 109 Å². The van der Waals surface area contributed by atoms with Gasteiger partial charge in [-0.2, -0.15) is 0 Å². The van der Waals surface area contributed by atoms with Crippen LogP contribution >= 0.6 is 0 Å². The maximum atomic E-state index is 13.2. The van der Waals surface area contributed by atoms with Gasteiger partial charge in [0.2, 0.25) is 0 Å². The maximum absolute atomic E-state index is 13.2. The third kappa shape index (κ3) is 17.9. The Balaban J connectivity index is 0.000000137. The molecule has 7 aromatic heterocycles. The van der Waals surface area contributed by atoms with E-state index < -0.39 is 0 Å². The van der Waals surface area contributed by atoms with Crippen LogP contribution in [0.5, 0.6) is 0 Å². The number of anilines is 8. The summed E-state index contributed by atoms with van der Waals surface area (Å²) < 4.78 is 0. The lowest BCUT2D eigenvalue weighted by molar-refractivity contribution is 0.0945. The summed E-state index contributed by atoms with van der Waals surface area (Å²) in [5.41, 5.74) is 11.3. The Morgan fingerprint density at radius 2 is 0.798 bits per heavy atom. The first-order valence-electron chi connectivity index (χ1n) is 36.3. The number of rotatable bonds is 25. The molecule has 25 heteroatoms. The quantitative estimate of drug-likeness (QED) is 0.0188. The second-order valence-corrected chi connectivity index (χ2v) is 26.3. The minimum atomic E-state index is -0.209. The summed E-state index contributed by atoms with van der Waals surface area (Å²) in [6.07, 6.45) is 21.6. The number of piperidine rings is 1. The molecule has 0 aliphatic carbocycles. The number of imidazole rings is 1. The molecule has 7 aromatic carbocycles. The topological polar surface area (TPSA) is 334 Å². The number of hydrogen-bond donors (Lipinski definition) is 10. The number of aromatic nitrogens is 11. The van der Waals surface area contributed by atoms with E-state index in [0.29, 0.717) is 137 Å². The predicted molar refractivity (Wildman–Crippen MR) is 423 cm³/mol. The van der Waals surface area contributed by atoms with Gasteiger partial charge in [-0.3, -0.25) is 28.8 Å². The number of H-pyrrole nitrogens is 4. The van der Waals surface area contributed by atoms with Crippen molar-refractivity contribution in [2.75, 3.05) is 72.0 Å². The molecule has 25 nitrogen and oxygen atoms in total. The lowest BCUT2D eigenvalue weighted by Crippen LogP contribution is -2.29. The maximum Gasteiger partial charge on any atom is 0.255 e. The van der Waals surface area contributed by atoms with Crippen LogP contribution < -0.4 is 36.8 Å². The predicted octanol–water partition coefficient (Wildman–Crippen LogP) is 14.3. The van der Waals surface area contributed by atoms with Crippen molar-refractivity contribution in [2.45, 2.75) is 51.4 Å². The first-order chi connectivity index (χ1) is 53.5. The molecule has 9 heterocycles. The van der Waals surface area contributed by atoms with Gasteiger partial charge in [-0.05, 0) is 143 Å². The molecule has 0 bridgehead atoms. The molecular weight excluding hydrogens is 1370 g/mol.